The SMILES string of the molecule is Cc1ccc(Oc2c(C(F)(F)F)oc3cc(OC(=O)c4ccc5c(c4)C(=O)N(Cc4ccccc4Cl)C5=O)ccc3c2=O)cc1. The molecule has 0 unspecified atom stereocenters. The molecule has 0 N–H and O–H groups in total. The van der Waals surface area contributed by atoms with Gasteiger partial charge in [0, 0.05) is 11.1 Å². The summed E-state index contributed by atoms with van der Waals surface area (Å²) in [6, 6.07) is 19.9. The van der Waals surface area contributed by atoms with Crippen LogP contribution in [0.1, 0.15) is 48.0 Å². The van der Waals surface area contributed by atoms with Crippen molar-refractivity contribution in [2.45, 2.75) is 19.6 Å². The number of rotatable bonds is 6. The van der Waals surface area contributed by atoms with Crippen LogP contribution in [-0.4, -0.2) is 22.7 Å². The van der Waals surface area contributed by atoms with Gasteiger partial charge in [0.15, 0.2) is 0 Å². The number of nitrogens with zero attached hydrogens (tertiary/aromatic N) is 1. The van der Waals surface area contributed by atoms with Crippen LogP contribution < -0.4 is 14.9 Å². The van der Waals surface area contributed by atoms with Crippen molar-refractivity contribution in [1.29, 1.82) is 0 Å². The maximum atomic E-state index is 13.9. The van der Waals surface area contributed by atoms with Crippen LogP contribution in [0.15, 0.2) is 94.1 Å². The maximum Gasteiger partial charge on any atom is 0.453 e. The molecule has 0 saturated carbocycles. The first-order valence-corrected chi connectivity index (χ1v) is 13.7. The molecule has 0 fully saturated rings. The minimum atomic E-state index is -5.09. The number of alkyl halides is 3. The number of fused-ring (bicyclic) bond motifs is 2. The molecule has 1 aliphatic rings. The Bertz CT molecular complexity index is 2090. The summed E-state index contributed by atoms with van der Waals surface area (Å²) in [6.07, 6.45) is -5.09. The van der Waals surface area contributed by atoms with Crippen LogP contribution in [0.2, 0.25) is 5.02 Å². The topological polar surface area (TPSA) is 103 Å². The number of halogens is 4. The second-order valence-electron chi connectivity index (χ2n) is 10.1. The predicted octanol–water partition coefficient (Wildman–Crippen LogP) is 7.58. The lowest BCUT2D eigenvalue weighted by atomic mass is 10.1. The van der Waals surface area contributed by atoms with E-state index in [2.05, 4.69) is 0 Å². The molecule has 8 nitrogen and oxygen atoms in total. The number of imide groups is 1. The van der Waals surface area contributed by atoms with Crippen molar-refractivity contribution in [3.05, 3.63) is 134 Å². The van der Waals surface area contributed by atoms with Gasteiger partial charge in [-0.2, -0.15) is 13.2 Å². The summed E-state index contributed by atoms with van der Waals surface area (Å²) in [5.41, 5.74) is -0.237. The second-order valence-corrected chi connectivity index (χ2v) is 10.5. The van der Waals surface area contributed by atoms with Gasteiger partial charge in [-0.3, -0.25) is 19.3 Å². The third-order valence-electron chi connectivity index (χ3n) is 7.02. The van der Waals surface area contributed by atoms with E-state index < -0.39 is 46.5 Å². The lowest BCUT2D eigenvalue weighted by molar-refractivity contribution is -0.154. The predicted molar refractivity (Wildman–Crippen MR) is 156 cm³/mol. The van der Waals surface area contributed by atoms with Crippen molar-refractivity contribution >= 4 is 40.4 Å². The van der Waals surface area contributed by atoms with Gasteiger partial charge < -0.3 is 13.9 Å². The van der Waals surface area contributed by atoms with Crippen molar-refractivity contribution in [2.24, 2.45) is 0 Å². The first kappa shape index (κ1) is 29.6. The smallest absolute Gasteiger partial charge is 0.449 e. The third-order valence-corrected chi connectivity index (χ3v) is 7.39. The van der Waals surface area contributed by atoms with Crippen LogP contribution in [0.4, 0.5) is 13.2 Å². The Morgan fingerprint density at radius 1 is 0.867 bits per heavy atom. The van der Waals surface area contributed by atoms with E-state index in [0.717, 1.165) is 22.6 Å². The van der Waals surface area contributed by atoms with Gasteiger partial charge in [0.1, 0.15) is 17.1 Å². The normalized spacial score (nSPS) is 12.9. The fraction of sp³-hybridized carbons (Fsp3) is 0.0909. The van der Waals surface area contributed by atoms with E-state index in [0.29, 0.717) is 10.6 Å². The molecule has 0 atom stereocenters. The Kier molecular flexibility index (Phi) is 7.41. The summed E-state index contributed by atoms with van der Waals surface area (Å²) in [6.45, 7) is 1.70. The standard InChI is InChI=1S/C33H19ClF3NO7/c1-17-6-9-20(10-7-17)43-28-27(39)23-13-11-21(15-26(23)45-29(28)33(35,36)37)44-32(42)18-8-12-22-24(14-18)31(41)38(30(22)40)16-19-4-2-3-5-25(19)34/h2-15H,16H2,1H3. The average molecular weight is 634 g/mol. The molecule has 2 heterocycles. The molecule has 4 aromatic carbocycles. The Balaban J connectivity index is 1.27. The number of ether oxygens (including phenoxy) is 2. The van der Waals surface area contributed by atoms with Crippen molar-refractivity contribution in [3.8, 4) is 17.2 Å². The van der Waals surface area contributed by atoms with E-state index in [4.69, 9.17) is 25.5 Å². The Hall–Kier alpha value is -5.42. The monoisotopic (exact) mass is 633 g/mol. The molecule has 12 heteroatoms. The maximum absolute atomic E-state index is 13.9. The van der Waals surface area contributed by atoms with Crippen LogP contribution in [0.5, 0.6) is 17.2 Å². The summed E-state index contributed by atoms with van der Waals surface area (Å²) in [4.78, 5) is 53.1. The van der Waals surface area contributed by atoms with Gasteiger partial charge in [-0.15, -0.1) is 0 Å². The highest BCUT2D eigenvalue weighted by molar-refractivity contribution is 6.31. The fourth-order valence-corrected chi connectivity index (χ4v) is 4.94. The molecule has 0 bridgehead atoms. The molecule has 45 heavy (non-hydrogen) atoms. The van der Waals surface area contributed by atoms with Gasteiger partial charge in [0.2, 0.25) is 11.2 Å². The van der Waals surface area contributed by atoms with Gasteiger partial charge in [-0.05, 0) is 61.0 Å². The van der Waals surface area contributed by atoms with Crippen molar-refractivity contribution in [3.63, 3.8) is 0 Å². The van der Waals surface area contributed by atoms with Gasteiger partial charge in [0.25, 0.3) is 17.6 Å². The van der Waals surface area contributed by atoms with Crippen LogP contribution in [0.25, 0.3) is 11.0 Å². The second kappa shape index (κ2) is 11.3. The largest absolute Gasteiger partial charge is 0.453 e. The van der Waals surface area contributed by atoms with E-state index in [-0.39, 0.29) is 40.1 Å². The summed E-state index contributed by atoms with van der Waals surface area (Å²) in [5, 5.41) is 0.132. The Morgan fingerprint density at radius 3 is 2.27 bits per heavy atom. The number of esters is 1. The van der Waals surface area contributed by atoms with Crippen molar-refractivity contribution in [2.75, 3.05) is 0 Å². The molecular weight excluding hydrogens is 615 g/mol. The summed E-state index contributed by atoms with van der Waals surface area (Å²) in [7, 11) is 0. The Morgan fingerprint density at radius 2 is 1.56 bits per heavy atom. The van der Waals surface area contributed by atoms with E-state index in [1.807, 2.05) is 0 Å². The summed E-state index contributed by atoms with van der Waals surface area (Å²) in [5.74, 6) is -5.11. The highest BCUT2D eigenvalue weighted by atomic mass is 35.5. The molecule has 2 amide bonds. The Labute approximate surface area is 257 Å². The molecule has 1 aliphatic heterocycles. The molecular formula is C33H19ClF3NO7. The minimum Gasteiger partial charge on any atom is -0.449 e. The van der Waals surface area contributed by atoms with Crippen LogP contribution in [0, 0.1) is 6.92 Å². The van der Waals surface area contributed by atoms with Gasteiger partial charge in [-0.25, -0.2) is 4.79 Å². The number of benzene rings is 4. The van der Waals surface area contributed by atoms with E-state index in [1.54, 1.807) is 43.3 Å². The zero-order valence-electron chi connectivity index (χ0n) is 23.1. The fourth-order valence-electron chi connectivity index (χ4n) is 4.75. The average Bonchev–Trinajstić information content (AvgIpc) is 3.24. The number of carbonyl (C=O) groups excluding carboxylic acids is 3. The number of carbonyl (C=O) groups is 3. The molecule has 1 aromatic heterocycles. The molecule has 0 radical (unpaired) electrons. The van der Waals surface area contributed by atoms with Gasteiger partial charge in [-0.1, -0.05) is 47.5 Å². The zero-order valence-corrected chi connectivity index (χ0v) is 23.9. The minimum absolute atomic E-state index is 0.00446. The van der Waals surface area contributed by atoms with Gasteiger partial charge in [0.05, 0.1) is 28.6 Å². The molecule has 5 aromatic rings. The number of aryl methyl sites for hydroxylation is 1. The molecule has 0 aliphatic carbocycles. The number of amides is 2. The lowest BCUT2D eigenvalue weighted by Crippen LogP contribution is -2.29. The first-order valence-electron chi connectivity index (χ1n) is 13.3. The van der Waals surface area contributed by atoms with Crippen LogP contribution in [-0.2, 0) is 12.7 Å². The van der Waals surface area contributed by atoms with Crippen molar-refractivity contribution in [1.82, 2.24) is 4.90 Å². The summed E-state index contributed by atoms with van der Waals surface area (Å²) >= 11 is 6.18. The molecule has 0 saturated heterocycles. The van der Waals surface area contributed by atoms with E-state index in [9.17, 15) is 32.3 Å². The quantitative estimate of drug-likeness (QED) is 0.108. The van der Waals surface area contributed by atoms with Gasteiger partial charge >= 0.3 is 12.1 Å². The third kappa shape index (κ3) is 5.65. The van der Waals surface area contributed by atoms with E-state index >= 15 is 0 Å². The first-order chi connectivity index (χ1) is 21.4. The number of hydrogen-bond donors (Lipinski definition) is 0. The highest BCUT2D eigenvalue weighted by Crippen LogP contribution is 2.39. The summed E-state index contributed by atoms with van der Waals surface area (Å²) < 4.78 is 57.5. The lowest BCUT2D eigenvalue weighted by Gasteiger charge is -2.14. The molecule has 226 valence electrons. The zero-order chi connectivity index (χ0) is 32.0. The van der Waals surface area contributed by atoms with Crippen LogP contribution in [0.3, 0.4) is 0 Å². The van der Waals surface area contributed by atoms with E-state index in [1.165, 1.54) is 36.4 Å². The highest BCUT2D eigenvalue weighted by Gasteiger charge is 2.41. The number of hydrogen-bond acceptors (Lipinski definition) is 7. The van der Waals surface area contributed by atoms with Crippen LogP contribution >= 0.6 is 11.6 Å². The van der Waals surface area contributed by atoms with Crippen molar-refractivity contribution < 1.29 is 41.4 Å². The molecule has 0 spiro atoms. The molecule has 6 rings (SSSR count).